The molecule has 0 spiro atoms. The number of halogens is 2. The standard InChI is InChI=1S/C9H7F2N/c1-2-6-7(5-12)9(11)4-3-8(6)10/h3-4H,2H2,1H3. The maximum Gasteiger partial charge on any atom is 0.141 e. The molecule has 1 aromatic carbocycles. The Labute approximate surface area is 69.2 Å². The minimum atomic E-state index is -0.657. The Kier molecular flexibility index (Phi) is 2.39. The summed E-state index contributed by atoms with van der Waals surface area (Å²) in [6.07, 6.45) is 0.326. The van der Waals surface area contributed by atoms with Crippen molar-refractivity contribution in [1.82, 2.24) is 0 Å². The van der Waals surface area contributed by atoms with Crippen molar-refractivity contribution in [2.24, 2.45) is 0 Å². The van der Waals surface area contributed by atoms with Crippen molar-refractivity contribution in [2.45, 2.75) is 13.3 Å². The number of hydrogen-bond donors (Lipinski definition) is 0. The quantitative estimate of drug-likeness (QED) is 0.630. The van der Waals surface area contributed by atoms with Crippen LogP contribution in [0.1, 0.15) is 18.1 Å². The lowest BCUT2D eigenvalue weighted by Crippen LogP contribution is -1.96. The molecule has 1 aromatic rings. The molecule has 0 heterocycles. The third-order valence-electron chi connectivity index (χ3n) is 1.67. The second kappa shape index (κ2) is 3.31. The van der Waals surface area contributed by atoms with E-state index in [-0.39, 0.29) is 11.1 Å². The van der Waals surface area contributed by atoms with Crippen LogP contribution < -0.4 is 0 Å². The van der Waals surface area contributed by atoms with Gasteiger partial charge in [-0.05, 0) is 18.6 Å². The highest BCUT2D eigenvalue weighted by Crippen LogP contribution is 2.16. The molecule has 0 saturated carbocycles. The third kappa shape index (κ3) is 1.28. The molecule has 0 aromatic heterocycles. The van der Waals surface area contributed by atoms with Crippen LogP contribution in [0.5, 0.6) is 0 Å². The van der Waals surface area contributed by atoms with Gasteiger partial charge < -0.3 is 0 Å². The number of benzene rings is 1. The first-order valence-electron chi connectivity index (χ1n) is 3.57. The highest BCUT2D eigenvalue weighted by Gasteiger charge is 2.10. The maximum atomic E-state index is 12.9. The molecule has 0 amide bonds. The summed E-state index contributed by atoms with van der Waals surface area (Å²) < 4.78 is 25.7. The molecule has 12 heavy (non-hydrogen) atoms. The maximum absolute atomic E-state index is 12.9. The van der Waals surface area contributed by atoms with Gasteiger partial charge in [-0.3, -0.25) is 0 Å². The van der Waals surface area contributed by atoms with Crippen LogP contribution in [-0.4, -0.2) is 0 Å². The van der Waals surface area contributed by atoms with Gasteiger partial charge in [0.15, 0.2) is 0 Å². The molecule has 0 bridgehead atoms. The van der Waals surface area contributed by atoms with E-state index in [4.69, 9.17) is 5.26 Å². The van der Waals surface area contributed by atoms with Crippen LogP contribution in [0.15, 0.2) is 12.1 Å². The molecule has 0 aliphatic heterocycles. The Hall–Kier alpha value is -1.43. The predicted molar refractivity (Wildman–Crippen MR) is 40.5 cm³/mol. The lowest BCUT2D eigenvalue weighted by Gasteiger charge is -2.02. The van der Waals surface area contributed by atoms with Gasteiger partial charge >= 0.3 is 0 Å². The second-order valence-electron chi connectivity index (χ2n) is 2.35. The average Bonchev–Trinajstić information content (AvgIpc) is 2.08. The Morgan fingerprint density at radius 1 is 1.33 bits per heavy atom. The average molecular weight is 167 g/mol. The van der Waals surface area contributed by atoms with Crippen molar-refractivity contribution in [2.75, 3.05) is 0 Å². The zero-order valence-corrected chi connectivity index (χ0v) is 6.56. The van der Waals surface area contributed by atoms with Gasteiger partial charge in [0.25, 0.3) is 0 Å². The van der Waals surface area contributed by atoms with Gasteiger partial charge in [0.05, 0.1) is 5.56 Å². The molecule has 1 nitrogen and oxygen atoms in total. The smallest absolute Gasteiger partial charge is 0.141 e. The highest BCUT2D eigenvalue weighted by molar-refractivity contribution is 5.39. The van der Waals surface area contributed by atoms with Crippen molar-refractivity contribution >= 4 is 0 Å². The summed E-state index contributed by atoms with van der Waals surface area (Å²) in [7, 11) is 0. The molecule has 3 heteroatoms. The lowest BCUT2D eigenvalue weighted by molar-refractivity contribution is 0.583. The van der Waals surface area contributed by atoms with Gasteiger partial charge in [-0.1, -0.05) is 6.92 Å². The second-order valence-corrected chi connectivity index (χ2v) is 2.35. The van der Waals surface area contributed by atoms with E-state index in [0.29, 0.717) is 6.42 Å². The monoisotopic (exact) mass is 167 g/mol. The first-order valence-corrected chi connectivity index (χ1v) is 3.57. The fraction of sp³-hybridized carbons (Fsp3) is 0.222. The molecule has 0 aliphatic rings. The summed E-state index contributed by atoms with van der Waals surface area (Å²) in [6.45, 7) is 1.68. The Balaban J connectivity index is 3.41. The largest absolute Gasteiger partial charge is 0.207 e. The van der Waals surface area contributed by atoms with E-state index in [1.165, 1.54) is 0 Å². The van der Waals surface area contributed by atoms with Crippen molar-refractivity contribution in [3.05, 3.63) is 34.9 Å². The van der Waals surface area contributed by atoms with Crippen LogP contribution >= 0.6 is 0 Å². The highest BCUT2D eigenvalue weighted by atomic mass is 19.1. The van der Waals surface area contributed by atoms with Gasteiger partial charge in [-0.25, -0.2) is 8.78 Å². The van der Waals surface area contributed by atoms with E-state index < -0.39 is 11.6 Å². The van der Waals surface area contributed by atoms with Gasteiger partial charge in [0, 0.05) is 5.56 Å². The summed E-state index contributed by atoms with van der Waals surface area (Å²) in [4.78, 5) is 0. The SMILES string of the molecule is CCc1c(F)ccc(F)c1C#N. The molecule has 0 radical (unpaired) electrons. The van der Waals surface area contributed by atoms with E-state index in [1.807, 2.05) is 0 Å². The number of hydrogen-bond acceptors (Lipinski definition) is 1. The van der Waals surface area contributed by atoms with Crippen LogP contribution in [0.2, 0.25) is 0 Å². The number of rotatable bonds is 1. The van der Waals surface area contributed by atoms with Crippen molar-refractivity contribution in [3.63, 3.8) is 0 Å². The van der Waals surface area contributed by atoms with E-state index in [1.54, 1.807) is 13.0 Å². The van der Waals surface area contributed by atoms with Gasteiger partial charge in [0.2, 0.25) is 0 Å². The van der Waals surface area contributed by atoms with E-state index in [9.17, 15) is 8.78 Å². The van der Waals surface area contributed by atoms with E-state index in [0.717, 1.165) is 12.1 Å². The first-order chi connectivity index (χ1) is 5.70. The Morgan fingerprint density at radius 3 is 2.33 bits per heavy atom. The fourth-order valence-corrected chi connectivity index (χ4v) is 1.06. The molecule has 0 saturated heterocycles. The first kappa shape index (κ1) is 8.66. The molecular weight excluding hydrogens is 160 g/mol. The van der Waals surface area contributed by atoms with Gasteiger partial charge in [0.1, 0.15) is 17.7 Å². The molecule has 0 aliphatic carbocycles. The van der Waals surface area contributed by atoms with Crippen LogP contribution in [-0.2, 0) is 6.42 Å². The summed E-state index contributed by atoms with van der Waals surface area (Å²) in [5.41, 5.74) is -0.0324. The summed E-state index contributed by atoms with van der Waals surface area (Å²) >= 11 is 0. The molecule has 1 rings (SSSR count). The molecule has 62 valence electrons. The van der Waals surface area contributed by atoms with Crippen LogP contribution in [0.25, 0.3) is 0 Å². The van der Waals surface area contributed by atoms with Crippen LogP contribution in [0, 0.1) is 23.0 Å². The minimum absolute atomic E-state index is 0.150. The Bertz CT molecular complexity index is 339. The summed E-state index contributed by atoms with van der Waals surface area (Å²) in [5.74, 6) is -1.17. The third-order valence-corrected chi connectivity index (χ3v) is 1.67. The van der Waals surface area contributed by atoms with E-state index in [2.05, 4.69) is 0 Å². The number of nitriles is 1. The zero-order valence-electron chi connectivity index (χ0n) is 6.56. The molecule has 0 unspecified atom stereocenters. The molecule has 0 fully saturated rings. The predicted octanol–water partition coefficient (Wildman–Crippen LogP) is 2.40. The normalized spacial score (nSPS) is 9.50. The summed E-state index contributed by atoms with van der Waals surface area (Å²) in [5, 5.41) is 8.50. The Morgan fingerprint density at radius 2 is 1.92 bits per heavy atom. The van der Waals surface area contributed by atoms with Crippen molar-refractivity contribution in [3.8, 4) is 6.07 Å². The number of nitrogens with zero attached hydrogens (tertiary/aromatic N) is 1. The fourth-order valence-electron chi connectivity index (χ4n) is 1.06. The van der Waals surface area contributed by atoms with Crippen molar-refractivity contribution < 1.29 is 8.78 Å². The molecule has 0 N–H and O–H groups in total. The molecule has 0 atom stereocenters. The van der Waals surface area contributed by atoms with Crippen LogP contribution in [0.3, 0.4) is 0 Å². The zero-order chi connectivity index (χ0) is 9.14. The van der Waals surface area contributed by atoms with Crippen molar-refractivity contribution in [1.29, 1.82) is 5.26 Å². The van der Waals surface area contributed by atoms with Crippen LogP contribution in [0.4, 0.5) is 8.78 Å². The summed E-state index contributed by atoms with van der Waals surface area (Å²) in [6, 6.07) is 3.64. The lowest BCUT2D eigenvalue weighted by atomic mass is 10.1. The topological polar surface area (TPSA) is 23.8 Å². The van der Waals surface area contributed by atoms with Gasteiger partial charge in [-0.2, -0.15) is 5.26 Å². The molecular formula is C9H7F2N. The van der Waals surface area contributed by atoms with E-state index >= 15 is 0 Å². The minimum Gasteiger partial charge on any atom is -0.207 e. The van der Waals surface area contributed by atoms with Gasteiger partial charge in [-0.15, -0.1) is 0 Å².